The maximum atomic E-state index is 7.82. The van der Waals surface area contributed by atoms with Crippen LogP contribution < -0.4 is 9.80 Å². The zero-order chi connectivity index (χ0) is 101. The van der Waals surface area contributed by atoms with Crippen molar-refractivity contribution in [2.24, 2.45) is 0 Å². The SMILES string of the molecule is C.[2H]C([2H])([2H])c1cc(-c2[c-]cccc2)ncc1-c1ccccc1.[2H]C([2H])([2H])c1ccc(-c2[c-]cccc2)nc1.[HH].[Ir].c1ccc(-c2ccc(N(c3ccc(-c4ccccc4)cc3)c3ccc(-c4ccc(N(c5ccc(-c6ccccc6)cc5)c5ccc(-c6ccccc6)cc5-c5ccccc5)cc4)cc3)cc2)cc1.c1ccc(-c2cccc3c2sc2c(-c4cccc(-c5ccc6c7ccccc7c7ccccc7c6c5)c4)cccc23)cc1. The van der Waals surface area contributed by atoms with E-state index in [9.17, 15) is 0 Å². The summed E-state index contributed by atoms with van der Waals surface area (Å²) in [4.78, 5) is 13.3. The fourth-order valence-electron chi connectivity index (χ4n) is 19.1. The molecule has 0 spiro atoms. The van der Waals surface area contributed by atoms with Gasteiger partial charge in [-0.3, -0.25) is 0 Å². The minimum absolute atomic E-state index is 0. The largest absolute Gasteiger partial charge is 0.311 e. The van der Waals surface area contributed by atoms with Crippen molar-refractivity contribution >= 4 is 98.0 Å². The number of aromatic nitrogens is 2. The number of aryl methyl sites for hydroxylation is 2. The van der Waals surface area contributed by atoms with Gasteiger partial charge >= 0.3 is 0 Å². The summed E-state index contributed by atoms with van der Waals surface area (Å²) in [6.45, 7) is -4.29. The second kappa shape index (κ2) is 44.5. The van der Waals surface area contributed by atoms with Gasteiger partial charge in [-0.1, -0.05) is 420 Å². The van der Waals surface area contributed by atoms with Crippen molar-refractivity contribution in [2.75, 3.05) is 9.80 Å². The predicted octanol–water partition coefficient (Wildman–Crippen LogP) is 39.4. The Morgan fingerprint density at radius 1 is 0.221 bits per heavy atom. The molecule has 0 bridgehead atoms. The topological polar surface area (TPSA) is 32.3 Å². The van der Waals surface area contributed by atoms with Crippen LogP contribution in [-0.2, 0) is 20.1 Å². The van der Waals surface area contributed by atoms with Crippen LogP contribution in [0, 0.1) is 25.8 Å². The Morgan fingerprint density at radius 2 is 0.538 bits per heavy atom. The first kappa shape index (κ1) is 87.6. The molecule has 3 aromatic heterocycles. The first-order chi connectivity index (χ1) is 73.2. The fraction of sp³-hybridized carbons (Fsp3) is 0.0216. The van der Waals surface area contributed by atoms with Crippen molar-refractivity contribution in [3.8, 4) is 134 Å². The van der Waals surface area contributed by atoms with E-state index in [4.69, 9.17) is 8.22 Å². The van der Waals surface area contributed by atoms with Crippen LogP contribution in [0.4, 0.5) is 34.1 Å². The van der Waals surface area contributed by atoms with Gasteiger partial charge in [0.1, 0.15) is 0 Å². The Kier molecular flexibility index (Phi) is 26.9. The van der Waals surface area contributed by atoms with Gasteiger partial charge in [-0.05, 0) is 254 Å². The number of hydrogen-bond donors (Lipinski definition) is 0. The van der Waals surface area contributed by atoms with Crippen LogP contribution in [0.25, 0.3) is 186 Å². The molecule has 697 valence electrons. The Hall–Kier alpha value is -17.6. The third kappa shape index (κ3) is 21.0. The summed E-state index contributed by atoms with van der Waals surface area (Å²) < 4.78 is 47.8. The van der Waals surface area contributed by atoms with Gasteiger partial charge in [0.15, 0.2) is 0 Å². The minimum atomic E-state index is -2.20. The summed E-state index contributed by atoms with van der Waals surface area (Å²) in [5.74, 6) is 0. The smallest absolute Gasteiger partial charge is 0.0540 e. The second-order valence-corrected chi connectivity index (χ2v) is 36.2. The molecule has 0 amide bonds. The van der Waals surface area contributed by atoms with Gasteiger partial charge in [-0.2, -0.15) is 0 Å². The minimum Gasteiger partial charge on any atom is -0.311 e. The van der Waals surface area contributed by atoms with Crippen LogP contribution >= 0.6 is 11.3 Å². The second-order valence-electron chi connectivity index (χ2n) is 35.2. The quantitative estimate of drug-likeness (QED) is 0.0633. The summed E-state index contributed by atoms with van der Waals surface area (Å²) >= 11 is 1.91. The summed E-state index contributed by atoms with van der Waals surface area (Å²) in [6, 6.07) is 198. The van der Waals surface area contributed by atoms with Crippen LogP contribution in [0.2, 0.25) is 0 Å². The van der Waals surface area contributed by atoms with Crippen LogP contribution in [-0.4, -0.2) is 9.97 Å². The number of fused-ring (bicyclic) bond motifs is 9. The van der Waals surface area contributed by atoms with Gasteiger partial charge in [-0.25, -0.2) is 0 Å². The fourth-order valence-corrected chi connectivity index (χ4v) is 20.5. The number of thiophene rings is 1. The van der Waals surface area contributed by atoms with E-state index >= 15 is 0 Å². The number of hydrogen-bond acceptors (Lipinski definition) is 5. The number of anilines is 6. The Morgan fingerprint density at radius 3 is 0.959 bits per heavy atom. The van der Waals surface area contributed by atoms with Crippen LogP contribution in [0.1, 0.15) is 28.2 Å². The van der Waals surface area contributed by atoms with E-state index in [0.29, 0.717) is 16.8 Å². The van der Waals surface area contributed by atoms with E-state index in [0.717, 1.165) is 78.8 Å². The molecule has 4 nitrogen and oxygen atoms in total. The molecule has 0 saturated carbocycles. The Bertz CT molecular complexity index is 8820. The van der Waals surface area contributed by atoms with Gasteiger partial charge in [0.05, 0.1) is 5.69 Å². The number of pyridine rings is 2. The maximum absolute atomic E-state index is 7.82. The van der Waals surface area contributed by atoms with Crippen molar-refractivity contribution < 1.29 is 29.8 Å². The molecule has 25 aromatic rings. The molecule has 25 rings (SSSR count). The van der Waals surface area contributed by atoms with E-state index < -0.39 is 13.7 Å². The zero-order valence-corrected chi connectivity index (χ0v) is 81.9. The molecule has 0 fully saturated rings. The van der Waals surface area contributed by atoms with Gasteiger partial charge in [0.2, 0.25) is 0 Å². The average molecular weight is 2060 g/mol. The molecule has 145 heavy (non-hydrogen) atoms. The molecule has 1 radical (unpaired) electrons. The van der Waals surface area contributed by atoms with Gasteiger partial charge in [0.25, 0.3) is 0 Å². The van der Waals surface area contributed by atoms with Crippen LogP contribution in [0.5, 0.6) is 0 Å². The molecule has 0 unspecified atom stereocenters. The zero-order valence-electron chi connectivity index (χ0n) is 84.6. The average Bonchev–Trinajstić information content (AvgIpc) is 1.57. The van der Waals surface area contributed by atoms with E-state index in [1.807, 2.05) is 78.1 Å². The molecule has 0 saturated heterocycles. The molecule has 0 N–H and O–H groups in total. The molecule has 22 aromatic carbocycles. The third-order valence-corrected chi connectivity index (χ3v) is 27.6. The maximum Gasteiger partial charge on any atom is 0.0540 e. The van der Waals surface area contributed by atoms with E-state index in [1.165, 1.54) is 137 Å². The number of benzene rings is 22. The molecule has 0 aliphatic heterocycles. The summed E-state index contributed by atoms with van der Waals surface area (Å²) in [5, 5.41) is 10.5. The predicted molar refractivity (Wildman–Crippen MR) is 617 cm³/mol. The summed E-state index contributed by atoms with van der Waals surface area (Å²) in [6.07, 6.45) is 3.02. The normalized spacial score (nSPS) is 11.6. The van der Waals surface area contributed by atoms with Crippen molar-refractivity contribution in [2.45, 2.75) is 21.1 Å². The Labute approximate surface area is 877 Å². The first-order valence-corrected chi connectivity index (χ1v) is 48.9. The monoisotopic (exact) mass is 2060 g/mol. The van der Waals surface area contributed by atoms with E-state index in [2.05, 4.69) is 481 Å². The first-order valence-electron chi connectivity index (χ1n) is 51.1. The molecule has 0 aliphatic carbocycles. The van der Waals surface area contributed by atoms with Gasteiger partial charge in [0, 0.05) is 102 Å². The van der Waals surface area contributed by atoms with E-state index in [-0.39, 0.29) is 34.5 Å². The molecule has 6 heteroatoms. The summed E-state index contributed by atoms with van der Waals surface area (Å²) in [7, 11) is 0. The van der Waals surface area contributed by atoms with Crippen molar-refractivity contribution in [1.29, 1.82) is 0 Å². The van der Waals surface area contributed by atoms with Crippen LogP contribution in [0.3, 0.4) is 0 Å². The van der Waals surface area contributed by atoms with Crippen molar-refractivity contribution in [3.63, 3.8) is 0 Å². The number of rotatable bonds is 18. The third-order valence-electron chi connectivity index (χ3n) is 26.3. The number of nitrogens with zero attached hydrogens (tertiary/aromatic N) is 4. The molecule has 3 heterocycles. The van der Waals surface area contributed by atoms with Gasteiger partial charge in [-0.15, -0.1) is 83.1 Å². The standard InChI is InChI=1S/C66H48N2.C42H26S.C18H14N.C12H10N.CH4.Ir.H2/c1-6-16-49(17-7-1)53-26-37-60(38-27-53)67(61-39-28-54(29-40-61)50-18-8-2-9-19-50)62-41-30-56(31-42-62)57-34-45-64(46-35-57)68(63-43-32-55(33-44-63)51-20-10-3-11-21-51)66-47-36-59(52-22-12-4-13-23-52)48-65(66)58-24-14-5-15-25-58;1-2-11-27(12-3-1)31-19-9-21-38-39-22-10-20-32(42(39)43-41(31)38)30-14-8-13-28(25-30)29-23-24-37-35-17-5-4-15-33(35)34-16-6-7-18-36(34)40(37)26-29;1-14-12-18(16-10-6-3-7-11-16)19-13-17(14)15-8-4-2-5-9-15;1-10-7-8-12(13-9-10)11-5-3-2-4-6-11;;;/h1-48H;1-26H;2-10,12-13H,1H3;2-5,7-9H,1H3;1H4;;1H/q;;2*-1;;;/i;;2*1D3;;;. The molecular weight excluding hydrogens is 1950 g/mol. The molecular formula is C139H104IrN4S-2. The molecule has 0 aliphatic rings. The summed E-state index contributed by atoms with van der Waals surface area (Å²) in [5.41, 5.74) is 33.3. The Balaban J connectivity index is 0.000000145. The molecule has 0 atom stereocenters. The van der Waals surface area contributed by atoms with Crippen molar-refractivity contribution in [3.05, 3.63) is 582 Å². The van der Waals surface area contributed by atoms with Crippen LogP contribution in [0.15, 0.2) is 558 Å². The van der Waals surface area contributed by atoms with Crippen molar-refractivity contribution in [1.82, 2.24) is 9.97 Å². The van der Waals surface area contributed by atoms with Gasteiger partial charge < -0.3 is 19.8 Å². The van der Waals surface area contributed by atoms with E-state index in [1.54, 1.807) is 36.5 Å².